The molecule has 1 rings (SSSR count). The van der Waals surface area contributed by atoms with Crippen molar-refractivity contribution in [2.24, 2.45) is 5.73 Å². The van der Waals surface area contributed by atoms with E-state index in [-0.39, 0.29) is 23.6 Å². The van der Waals surface area contributed by atoms with E-state index in [9.17, 15) is 9.59 Å². The van der Waals surface area contributed by atoms with Crippen LogP contribution in [0.2, 0.25) is 0 Å². The molecule has 1 heterocycles. The minimum absolute atomic E-state index is 0.118. The minimum Gasteiger partial charge on any atom is -0.462 e. The van der Waals surface area contributed by atoms with Crippen LogP contribution in [-0.4, -0.2) is 28.7 Å². The summed E-state index contributed by atoms with van der Waals surface area (Å²) in [5.41, 5.74) is 4.97. The fourth-order valence-electron chi connectivity index (χ4n) is 1.07. The van der Waals surface area contributed by atoms with Crippen molar-refractivity contribution in [1.29, 1.82) is 5.26 Å². The molecule has 1 aromatic heterocycles. The monoisotopic (exact) mass is 249 g/mol. The van der Waals surface area contributed by atoms with Crippen LogP contribution in [0.4, 0.5) is 5.82 Å². The van der Waals surface area contributed by atoms with Gasteiger partial charge in [-0.05, 0) is 6.92 Å². The number of carbonyl (C=O) groups is 2. The second-order valence-electron chi connectivity index (χ2n) is 3.06. The van der Waals surface area contributed by atoms with Crippen LogP contribution in [0.25, 0.3) is 0 Å². The third-order valence-electron chi connectivity index (χ3n) is 1.88. The maximum Gasteiger partial charge on any atom is 0.350 e. The summed E-state index contributed by atoms with van der Waals surface area (Å²) in [5.74, 6) is -1.25. The van der Waals surface area contributed by atoms with Crippen LogP contribution < -0.4 is 11.1 Å². The van der Waals surface area contributed by atoms with E-state index in [1.54, 1.807) is 13.0 Å². The van der Waals surface area contributed by atoms with Gasteiger partial charge in [0.1, 0.15) is 17.5 Å². The fourth-order valence-corrected chi connectivity index (χ4v) is 1.07. The molecule has 0 bridgehead atoms. The summed E-state index contributed by atoms with van der Waals surface area (Å²) >= 11 is 0. The number of primary amides is 1. The molecule has 0 saturated heterocycles. The van der Waals surface area contributed by atoms with Gasteiger partial charge in [0.05, 0.1) is 12.8 Å². The van der Waals surface area contributed by atoms with Gasteiger partial charge in [0.15, 0.2) is 5.57 Å². The number of anilines is 1. The highest BCUT2D eigenvalue weighted by atomic mass is 16.5. The predicted octanol–water partition coefficient (Wildman–Crippen LogP) is -0.109. The molecule has 0 unspecified atom stereocenters. The number of hydrogen-bond acceptors (Lipinski definition) is 6. The number of esters is 1. The van der Waals surface area contributed by atoms with Crippen LogP contribution in [0.3, 0.4) is 0 Å². The van der Waals surface area contributed by atoms with Gasteiger partial charge < -0.3 is 15.8 Å². The highest BCUT2D eigenvalue weighted by Crippen LogP contribution is 2.10. The van der Waals surface area contributed by atoms with Gasteiger partial charge in [-0.15, -0.1) is 0 Å². The van der Waals surface area contributed by atoms with Crippen LogP contribution in [0, 0.1) is 11.3 Å². The third kappa shape index (κ3) is 3.08. The van der Waals surface area contributed by atoms with Crippen LogP contribution in [0.15, 0.2) is 18.0 Å². The van der Waals surface area contributed by atoms with Crippen molar-refractivity contribution >= 4 is 17.7 Å². The molecule has 0 spiro atoms. The zero-order valence-electron chi connectivity index (χ0n) is 9.56. The number of aromatic nitrogens is 2. The summed E-state index contributed by atoms with van der Waals surface area (Å²) in [6.07, 6.45) is 2.34. The SMILES string of the molecule is CCOC(=O)C(C#N)=CNc1[nH]ncc1C(N)=O. The van der Waals surface area contributed by atoms with E-state index in [4.69, 9.17) is 11.0 Å². The maximum absolute atomic E-state index is 11.3. The molecule has 94 valence electrons. The molecule has 0 aliphatic heterocycles. The second kappa shape index (κ2) is 6.05. The van der Waals surface area contributed by atoms with Gasteiger partial charge in [0.2, 0.25) is 0 Å². The van der Waals surface area contributed by atoms with Gasteiger partial charge in [-0.25, -0.2) is 4.79 Å². The van der Waals surface area contributed by atoms with E-state index in [1.807, 2.05) is 0 Å². The van der Waals surface area contributed by atoms with E-state index in [2.05, 4.69) is 20.3 Å². The molecule has 0 fully saturated rings. The Morgan fingerprint density at radius 1 is 1.72 bits per heavy atom. The molecule has 0 aliphatic carbocycles. The summed E-state index contributed by atoms with van der Waals surface area (Å²) < 4.78 is 4.66. The van der Waals surface area contributed by atoms with Gasteiger partial charge in [-0.1, -0.05) is 0 Å². The zero-order valence-corrected chi connectivity index (χ0v) is 9.56. The molecule has 0 aliphatic rings. The van der Waals surface area contributed by atoms with Gasteiger partial charge in [0.25, 0.3) is 5.91 Å². The molecule has 0 radical (unpaired) electrons. The number of hydrogen-bond donors (Lipinski definition) is 3. The van der Waals surface area contributed by atoms with E-state index >= 15 is 0 Å². The Morgan fingerprint density at radius 3 is 3.00 bits per heavy atom. The van der Waals surface area contributed by atoms with Crippen molar-refractivity contribution in [3.8, 4) is 6.07 Å². The number of rotatable bonds is 5. The molecule has 18 heavy (non-hydrogen) atoms. The van der Waals surface area contributed by atoms with Gasteiger partial charge >= 0.3 is 5.97 Å². The Bertz CT molecular complexity index is 526. The Labute approximate surface area is 102 Å². The van der Waals surface area contributed by atoms with E-state index in [1.165, 1.54) is 6.20 Å². The van der Waals surface area contributed by atoms with Crippen LogP contribution >= 0.6 is 0 Å². The normalized spacial score (nSPS) is 10.6. The Hall–Kier alpha value is -2.82. The standard InChI is InChI=1S/C10H11N5O3/c1-2-18-10(17)6(3-11)4-13-9-7(8(12)16)5-14-15-9/h4-5H,2H2,1H3,(H2,12,16)(H2,13,14,15). The highest BCUT2D eigenvalue weighted by Gasteiger charge is 2.12. The molecule has 8 nitrogen and oxygen atoms in total. The molecule has 0 atom stereocenters. The van der Waals surface area contributed by atoms with Crippen molar-refractivity contribution < 1.29 is 14.3 Å². The number of amides is 1. The van der Waals surface area contributed by atoms with Crippen molar-refractivity contribution in [3.63, 3.8) is 0 Å². The van der Waals surface area contributed by atoms with Crippen molar-refractivity contribution in [1.82, 2.24) is 10.2 Å². The number of nitrogens with zero attached hydrogens (tertiary/aromatic N) is 2. The predicted molar refractivity (Wildman–Crippen MR) is 61.1 cm³/mol. The lowest BCUT2D eigenvalue weighted by molar-refractivity contribution is -0.138. The number of nitriles is 1. The van der Waals surface area contributed by atoms with E-state index in [0.29, 0.717) is 0 Å². The lowest BCUT2D eigenvalue weighted by Gasteiger charge is -2.01. The van der Waals surface area contributed by atoms with Crippen molar-refractivity contribution in [2.45, 2.75) is 6.92 Å². The highest BCUT2D eigenvalue weighted by molar-refractivity contribution is 5.98. The first-order valence-corrected chi connectivity index (χ1v) is 4.97. The summed E-state index contributed by atoms with van der Waals surface area (Å²) in [6, 6.07) is 1.67. The molecule has 1 aromatic rings. The van der Waals surface area contributed by atoms with E-state index in [0.717, 1.165) is 6.20 Å². The Balaban J connectivity index is 2.84. The van der Waals surface area contributed by atoms with Crippen molar-refractivity contribution in [3.05, 3.63) is 23.5 Å². The first-order chi connectivity index (χ1) is 8.60. The Morgan fingerprint density at radius 2 is 2.44 bits per heavy atom. The number of carbonyl (C=O) groups excluding carboxylic acids is 2. The first kappa shape index (κ1) is 13.2. The maximum atomic E-state index is 11.3. The number of aromatic amines is 1. The molecule has 8 heteroatoms. The fraction of sp³-hybridized carbons (Fsp3) is 0.200. The zero-order chi connectivity index (χ0) is 13.5. The molecule has 1 amide bonds. The summed E-state index contributed by atoms with van der Waals surface area (Å²) in [6.45, 7) is 1.79. The number of nitrogens with two attached hydrogens (primary N) is 1. The molecular weight excluding hydrogens is 238 g/mol. The lowest BCUT2D eigenvalue weighted by Crippen LogP contribution is -2.12. The van der Waals surface area contributed by atoms with Gasteiger partial charge in [0, 0.05) is 6.20 Å². The van der Waals surface area contributed by atoms with Crippen LogP contribution in [0.5, 0.6) is 0 Å². The number of H-pyrrole nitrogens is 1. The minimum atomic E-state index is -0.757. The lowest BCUT2D eigenvalue weighted by atomic mass is 10.3. The molecular formula is C10H11N5O3. The summed E-state index contributed by atoms with van der Waals surface area (Å²) in [7, 11) is 0. The summed E-state index contributed by atoms with van der Waals surface area (Å²) in [4.78, 5) is 22.3. The van der Waals surface area contributed by atoms with E-state index < -0.39 is 11.9 Å². The number of ether oxygens (including phenoxy) is 1. The quantitative estimate of drug-likeness (QED) is 0.378. The third-order valence-corrected chi connectivity index (χ3v) is 1.88. The molecule has 0 aromatic carbocycles. The number of nitrogens with one attached hydrogen (secondary N) is 2. The second-order valence-corrected chi connectivity index (χ2v) is 3.06. The summed E-state index contributed by atoms with van der Waals surface area (Å²) in [5, 5.41) is 17.4. The van der Waals surface area contributed by atoms with Crippen LogP contribution in [-0.2, 0) is 9.53 Å². The molecule has 4 N–H and O–H groups in total. The average molecular weight is 249 g/mol. The largest absolute Gasteiger partial charge is 0.462 e. The smallest absolute Gasteiger partial charge is 0.350 e. The average Bonchev–Trinajstić information content (AvgIpc) is 2.78. The van der Waals surface area contributed by atoms with Crippen LogP contribution in [0.1, 0.15) is 17.3 Å². The van der Waals surface area contributed by atoms with Gasteiger partial charge in [-0.2, -0.15) is 10.4 Å². The van der Waals surface area contributed by atoms with Gasteiger partial charge in [-0.3, -0.25) is 9.89 Å². The first-order valence-electron chi connectivity index (χ1n) is 4.97. The molecule has 0 saturated carbocycles. The Kier molecular flexibility index (Phi) is 4.45. The van der Waals surface area contributed by atoms with Crippen molar-refractivity contribution in [2.75, 3.05) is 11.9 Å². The topological polar surface area (TPSA) is 134 Å².